The second-order valence-electron chi connectivity index (χ2n) is 4.73. The number of nitrogens with zero attached hydrogens (tertiary/aromatic N) is 2. The highest BCUT2D eigenvalue weighted by Gasteiger charge is 2.05. The van der Waals surface area contributed by atoms with Gasteiger partial charge in [-0.3, -0.25) is 0 Å². The van der Waals surface area contributed by atoms with E-state index >= 15 is 0 Å². The van der Waals surface area contributed by atoms with Crippen molar-refractivity contribution in [2.24, 2.45) is 0 Å². The van der Waals surface area contributed by atoms with E-state index in [0.29, 0.717) is 6.61 Å². The van der Waals surface area contributed by atoms with Gasteiger partial charge >= 0.3 is 0 Å². The molecule has 21 heavy (non-hydrogen) atoms. The number of benzene rings is 2. The Kier molecular flexibility index (Phi) is 3.87. The highest BCUT2D eigenvalue weighted by atomic mass is 16.5. The van der Waals surface area contributed by atoms with Crippen LogP contribution in [0, 0.1) is 0 Å². The van der Waals surface area contributed by atoms with Crippen LogP contribution >= 0.6 is 0 Å². The van der Waals surface area contributed by atoms with Crippen molar-refractivity contribution in [1.82, 2.24) is 9.55 Å². The maximum Gasteiger partial charge on any atom is 0.139 e. The van der Waals surface area contributed by atoms with Gasteiger partial charge in [0.15, 0.2) is 0 Å². The van der Waals surface area contributed by atoms with Crippen molar-refractivity contribution in [3.8, 4) is 17.1 Å². The quantitative estimate of drug-likeness (QED) is 0.730. The Labute approximate surface area is 123 Å². The Morgan fingerprint density at radius 3 is 2.52 bits per heavy atom. The molecule has 0 saturated carbocycles. The Hall–Kier alpha value is -2.75. The minimum Gasteiger partial charge on any atom is -0.492 e. The van der Waals surface area contributed by atoms with Crippen LogP contribution in [0.5, 0.6) is 5.75 Å². The first-order valence-corrected chi connectivity index (χ1v) is 6.88. The van der Waals surface area contributed by atoms with Gasteiger partial charge in [0, 0.05) is 23.6 Å². The summed E-state index contributed by atoms with van der Waals surface area (Å²) in [6, 6.07) is 17.5. The summed E-state index contributed by atoms with van der Waals surface area (Å²) in [4.78, 5) is 4.41. The molecule has 4 nitrogen and oxygen atoms in total. The molecular weight excluding hydrogens is 262 g/mol. The highest BCUT2D eigenvalue weighted by molar-refractivity contribution is 5.59. The van der Waals surface area contributed by atoms with Crippen LogP contribution in [0.1, 0.15) is 0 Å². The molecule has 2 N–H and O–H groups in total. The first-order valence-electron chi connectivity index (χ1n) is 6.88. The fourth-order valence-electron chi connectivity index (χ4n) is 2.16. The SMILES string of the molecule is Nc1ccc(-c2nccn2CCOc2ccccc2)cc1. The Balaban J connectivity index is 1.67. The van der Waals surface area contributed by atoms with Crippen molar-refractivity contribution in [3.05, 3.63) is 67.0 Å². The van der Waals surface area contributed by atoms with E-state index in [1.165, 1.54) is 0 Å². The third-order valence-corrected chi connectivity index (χ3v) is 3.23. The lowest BCUT2D eigenvalue weighted by Gasteiger charge is -2.10. The normalized spacial score (nSPS) is 10.5. The van der Waals surface area contributed by atoms with Gasteiger partial charge in [-0.15, -0.1) is 0 Å². The number of rotatable bonds is 5. The summed E-state index contributed by atoms with van der Waals surface area (Å²) in [5, 5.41) is 0. The molecule has 0 unspecified atom stereocenters. The molecule has 0 aliphatic carbocycles. The monoisotopic (exact) mass is 279 g/mol. The lowest BCUT2D eigenvalue weighted by molar-refractivity contribution is 0.299. The Morgan fingerprint density at radius 1 is 1.00 bits per heavy atom. The minimum atomic E-state index is 0.600. The van der Waals surface area contributed by atoms with Crippen LogP contribution in [0.2, 0.25) is 0 Å². The maximum absolute atomic E-state index is 5.72. The zero-order valence-electron chi connectivity index (χ0n) is 11.6. The van der Waals surface area contributed by atoms with E-state index in [1.807, 2.05) is 60.8 Å². The van der Waals surface area contributed by atoms with Gasteiger partial charge in [-0.1, -0.05) is 18.2 Å². The number of aromatic nitrogens is 2. The number of hydrogen-bond acceptors (Lipinski definition) is 3. The third kappa shape index (κ3) is 3.23. The topological polar surface area (TPSA) is 53.1 Å². The smallest absolute Gasteiger partial charge is 0.139 e. The van der Waals surface area contributed by atoms with Gasteiger partial charge in [-0.25, -0.2) is 4.98 Å². The van der Waals surface area contributed by atoms with E-state index in [0.717, 1.165) is 29.4 Å². The second-order valence-corrected chi connectivity index (χ2v) is 4.73. The van der Waals surface area contributed by atoms with Crippen molar-refractivity contribution >= 4 is 5.69 Å². The average Bonchev–Trinajstić information content (AvgIpc) is 2.98. The molecule has 0 amide bonds. The van der Waals surface area contributed by atoms with Gasteiger partial charge in [-0.05, 0) is 36.4 Å². The van der Waals surface area contributed by atoms with E-state index in [1.54, 1.807) is 6.20 Å². The molecule has 0 radical (unpaired) electrons. The molecule has 106 valence electrons. The van der Waals surface area contributed by atoms with Crippen LogP contribution in [0.15, 0.2) is 67.0 Å². The molecular formula is C17H17N3O. The molecule has 0 saturated heterocycles. The molecule has 3 rings (SSSR count). The van der Waals surface area contributed by atoms with Gasteiger partial charge in [0.1, 0.15) is 18.2 Å². The van der Waals surface area contributed by atoms with Crippen molar-refractivity contribution in [2.45, 2.75) is 6.54 Å². The number of hydrogen-bond donors (Lipinski definition) is 1. The second kappa shape index (κ2) is 6.13. The highest BCUT2D eigenvalue weighted by Crippen LogP contribution is 2.19. The number of ether oxygens (including phenoxy) is 1. The van der Waals surface area contributed by atoms with Gasteiger partial charge in [0.25, 0.3) is 0 Å². The third-order valence-electron chi connectivity index (χ3n) is 3.23. The van der Waals surface area contributed by atoms with Crippen molar-refractivity contribution in [2.75, 3.05) is 12.3 Å². The number of para-hydroxylation sites is 1. The molecule has 0 fully saturated rings. The lowest BCUT2D eigenvalue weighted by atomic mass is 10.2. The molecule has 0 aliphatic rings. The van der Waals surface area contributed by atoms with Crippen molar-refractivity contribution in [3.63, 3.8) is 0 Å². The zero-order valence-corrected chi connectivity index (χ0v) is 11.6. The molecule has 4 heteroatoms. The van der Waals surface area contributed by atoms with Gasteiger partial charge in [-0.2, -0.15) is 0 Å². The fraction of sp³-hybridized carbons (Fsp3) is 0.118. The van der Waals surface area contributed by atoms with Crippen LogP contribution in [-0.2, 0) is 6.54 Å². The van der Waals surface area contributed by atoms with E-state index in [4.69, 9.17) is 10.5 Å². The molecule has 0 atom stereocenters. The standard InChI is InChI=1S/C17H17N3O/c18-15-8-6-14(7-9-15)17-19-10-11-20(17)12-13-21-16-4-2-1-3-5-16/h1-11H,12-13,18H2. The minimum absolute atomic E-state index is 0.600. The number of nitrogen functional groups attached to an aromatic ring is 1. The van der Waals surface area contributed by atoms with E-state index in [9.17, 15) is 0 Å². The van der Waals surface area contributed by atoms with E-state index in [2.05, 4.69) is 9.55 Å². The lowest BCUT2D eigenvalue weighted by Crippen LogP contribution is -2.08. The molecule has 2 aromatic carbocycles. The first kappa shape index (κ1) is 13.2. The maximum atomic E-state index is 5.72. The van der Waals surface area contributed by atoms with Crippen LogP contribution in [0.4, 0.5) is 5.69 Å². The molecule has 0 spiro atoms. The van der Waals surface area contributed by atoms with Gasteiger partial charge < -0.3 is 15.0 Å². The zero-order chi connectivity index (χ0) is 14.5. The number of nitrogens with two attached hydrogens (primary N) is 1. The Morgan fingerprint density at radius 2 is 1.76 bits per heavy atom. The molecule has 1 heterocycles. The van der Waals surface area contributed by atoms with Crippen LogP contribution in [0.25, 0.3) is 11.4 Å². The summed E-state index contributed by atoms with van der Waals surface area (Å²) in [7, 11) is 0. The number of imidazole rings is 1. The summed E-state index contributed by atoms with van der Waals surface area (Å²) >= 11 is 0. The van der Waals surface area contributed by atoms with E-state index in [-0.39, 0.29) is 0 Å². The van der Waals surface area contributed by atoms with Gasteiger partial charge in [0.2, 0.25) is 0 Å². The Bertz CT molecular complexity index is 690. The summed E-state index contributed by atoms with van der Waals surface area (Å²) in [5.74, 6) is 1.80. The molecule has 0 aliphatic heterocycles. The average molecular weight is 279 g/mol. The summed E-state index contributed by atoms with van der Waals surface area (Å²) in [6.07, 6.45) is 3.76. The molecule has 3 aromatic rings. The number of anilines is 1. The summed E-state index contributed by atoms with van der Waals surface area (Å²) < 4.78 is 7.80. The molecule has 0 bridgehead atoms. The predicted molar refractivity (Wildman–Crippen MR) is 84.0 cm³/mol. The van der Waals surface area contributed by atoms with Crippen LogP contribution < -0.4 is 10.5 Å². The molecule has 1 aromatic heterocycles. The van der Waals surface area contributed by atoms with Crippen molar-refractivity contribution in [1.29, 1.82) is 0 Å². The largest absolute Gasteiger partial charge is 0.492 e. The van der Waals surface area contributed by atoms with Crippen LogP contribution in [-0.4, -0.2) is 16.2 Å². The van der Waals surface area contributed by atoms with Crippen LogP contribution in [0.3, 0.4) is 0 Å². The predicted octanol–water partition coefficient (Wildman–Crippen LogP) is 3.21. The first-order chi connectivity index (χ1) is 10.3. The summed E-state index contributed by atoms with van der Waals surface area (Å²) in [5.41, 5.74) is 7.52. The van der Waals surface area contributed by atoms with Gasteiger partial charge in [0.05, 0.1) is 6.54 Å². The fourth-order valence-corrected chi connectivity index (χ4v) is 2.16. The van der Waals surface area contributed by atoms with Crippen molar-refractivity contribution < 1.29 is 4.74 Å². The summed E-state index contributed by atoms with van der Waals surface area (Å²) in [6.45, 7) is 1.34. The van der Waals surface area contributed by atoms with E-state index < -0.39 is 0 Å².